The lowest BCUT2D eigenvalue weighted by molar-refractivity contribution is 0.0998. The average molecular weight is 205 g/mol. The van der Waals surface area contributed by atoms with E-state index < -0.39 is 0 Å². The molecule has 3 nitrogen and oxygen atoms in total. The molecule has 1 aromatic rings. The molecule has 0 spiro atoms. The molecule has 0 aromatic heterocycles. The van der Waals surface area contributed by atoms with Gasteiger partial charge in [0.2, 0.25) is 0 Å². The molecule has 0 heterocycles. The Hall–Kier alpha value is -1.64. The minimum Gasteiger partial charge on any atom is -0.399 e. The van der Waals surface area contributed by atoms with Crippen LogP contribution in [0.1, 0.15) is 30.1 Å². The zero-order valence-corrected chi connectivity index (χ0v) is 9.06. The summed E-state index contributed by atoms with van der Waals surface area (Å²) in [6.07, 6.45) is 1.06. The van der Waals surface area contributed by atoms with Crippen LogP contribution < -0.4 is 0 Å². The molecule has 1 rings (SSSR count). The fourth-order valence-electron chi connectivity index (χ4n) is 1.26. The van der Waals surface area contributed by atoms with Gasteiger partial charge in [0.05, 0.1) is 12.1 Å². The lowest BCUT2D eigenvalue weighted by Crippen LogP contribution is -2.07. The van der Waals surface area contributed by atoms with Crippen molar-refractivity contribution in [1.82, 2.24) is 0 Å². The van der Waals surface area contributed by atoms with Gasteiger partial charge in [-0.25, -0.2) is 0 Å². The number of carbonyl (C=O) groups excluding carboxylic acids is 1. The first-order chi connectivity index (χ1) is 7.27. The van der Waals surface area contributed by atoms with Gasteiger partial charge in [-0.15, -0.1) is 0 Å². The number of Topliss-reactive ketones (excluding diaryl/α,β-unsaturated/α-hetero) is 1. The third kappa shape index (κ3) is 3.54. The van der Waals surface area contributed by atoms with Gasteiger partial charge < -0.3 is 4.84 Å². The third-order valence-electron chi connectivity index (χ3n) is 2.09. The van der Waals surface area contributed by atoms with Crippen molar-refractivity contribution in [2.24, 2.45) is 5.16 Å². The second-order valence-electron chi connectivity index (χ2n) is 3.16. The molecule has 0 saturated heterocycles. The summed E-state index contributed by atoms with van der Waals surface area (Å²) in [5.74, 6) is 0.0771. The number of oxime groups is 1. The summed E-state index contributed by atoms with van der Waals surface area (Å²) >= 11 is 0. The highest BCUT2D eigenvalue weighted by Gasteiger charge is 2.08. The van der Waals surface area contributed by atoms with Crippen LogP contribution in [0.4, 0.5) is 0 Å². The molecule has 0 atom stereocenters. The number of nitrogens with zero attached hydrogens (tertiary/aromatic N) is 1. The van der Waals surface area contributed by atoms with Gasteiger partial charge >= 0.3 is 0 Å². The predicted octanol–water partition coefficient (Wildman–Crippen LogP) is 2.67. The number of carbonyl (C=O) groups is 1. The highest BCUT2D eigenvalue weighted by atomic mass is 16.6. The molecule has 3 heteroatoms. The van der Waals surface area contributed by atoms with Crippen LogP contribution >= 0.6 is 0 Å². The van der Waals surface area contributed by atoms with Gasteiger partial charge in [-0.05, 0) is 6.42 Å². The van der Waals surface area contributed by atoms with E-state index in [-0.39, 0.29) is 5.78 Å². The predicted molar refractivity (Wildman–Crippen MR) is 60.1 cm³/mol. The fraction of sp³-hybridized carbons (Fsp3) is 0.333. The Kier molecular flexibility index (Phi) is 4.54. The Labute approximate surface area is 89.7 Å². The minimum atomic E-state index is 0.0771. The van der Waals surface area contributed by atoms with Crippen molar-refractivity contribution in [2.75, 3.05) is 7.11 Å². The lowest BCUT2D eigenvalue weighted by Gasteiger charge is -2.02. The zero-order chi connectivity index (χ0) is 11.1. The molecule has 80 valence electrons. The van der Waals surface area contributed by atoms with Crippen molar-refractivity contribution in [2.45, 2.75) is 19.8 Å². The van der Waals surface area contributed by atoms with E-state index in [9.17, 15) is 4.79 Å². The van der Waals surface area contributed by atoms with Crippen LogP contribution in [0.5, 0.6) is 0 Å². The van der Waals surface area contributed by atoms with Crippen molar-refractivity contribution in [1.29, 1.82) is 0 Å². The molecule has 0 aliphatic carbocycles. The number of hydrogen-bond acceptors (Lipinski definition) is 3. The third-order valence-corrected chi connectivity index (χ3v) is 2.09. The first-order valence-electron chi connectivity index (χ1n) is 4.95. The van der Waals surface area contributed by atoms with Crippen LogP contribution in [0.2, 0.25) is 0 Å². The summed E-state index contributed by atoms with van der Waals surface area (Å²) < 4.78 is 0. The quantitative estimate of drug-likeness (QED) is 0.421. The van der Waals surface area contributed by atoms with Crippen molar-refractivity contribution in [3.05, 3.63) is 35.9 Å². The molecule has 0 N–H and O–H groups in total. The monoisotopic (exact) mass is 205 g/mol. The van der Waals surface area contributed by atoms with Gasteiger partial charge in [0.25, 0.3) is 0 Å². The second kappa shape index (κ2) is 5.96. The lowest BCUT2D eigenvalue weighted by atomic mass is 10.0. The Balaban J connectivity index is 2.67. The van der Waals surface area contributed by atoms with E-state index in [1.54, 1.807) is 0 Å². The smallest absolute Gasteiger partial charge is 0.168 e. The summed E-state index contributed by atoms with van der Waals surface area (Å²) in [7, 11) is 1.49. The zero-order valence-electron chi connectivity index (χ0n) is 9.06. The molecular weight excluding hydrogens is 190 g/mol. The van der Waals surface area contributed by atoms with Crippen LogP contribution in [-0.4, -0.2) is 18.6 Å². The maximum Gasteiger partial charge on any atom is 0.168 e. The van der Waals surface area contributed by atoms with Crippen molar-refractivity contribution >= 4 is 11.5 Å². The number of benzene rings is 1. The molecule has 0 amide bonds. The molecule has 0 aliphatic rings. The summed E-state index contributed by atoms with van der Waals surface area (Å²) in [6.45, 7) is 1.95. The van der Waals surface area contributed by atoms with Crippen molar-refractivity contribution < 1.29 is 9.63 Å². The van der Waals surface area contributed by atoms with E-state index in [0.717, 1.165) is 17.7 Å². The molecule has 1 aromatic carbocycles. The standard InChI is InChI=1S/C12H15NO2/c1-3-11(13-15-2)9-12(14)10-7-5-4-6-8-10/h4-8H,3,9H2,1-2H3/b13-11+. The van der Waals surface area contributed by atoms with E-state index in [1.807, 2.05) is 37.3 Å². The fourth-order valence-corrected chi connectivity index (χ4v) is 1.26. The van der Waals surface area contributed by atoms with Gasteiger partial charge in [-0.2, -0.15) is 0 Å². The summed E-state index contributed by atoms with van der Waals surface area (Å²) in [5.41, 5.74) is 1.49. The van der Waals surface area contributed by atoms with E-state index in [2.05, 4.69) is 9.99 Å². The minimum absolute atomic E-state index is 0.0771. The van der Waals surface area contributed by atoms with Gasteiger partial charge in [0.1, 0.15) is 7.11 Å². The summed E-state index contributed by atoms with van der Waals surface area (Å²) in [4.78, 5) is 16.4. The summed E-state index contributed by atoms with van der Waals surface area (Å²) in [5, 5.41) is 3.80. The molecule has 0 saturated carbocycles. The van der Waals surface area contributed by atoms with E-state index in [4.69, 9.17) is 0 Å². The maximum atomic E-state index is 11.8. The Morgan fingerprint density at radius 2 is 2.00 bits per heavy atom. The topological polar surface area (TPSA) is 38.7 Å². The van der Waals surface area contributed by atoms with E-state index in [1.165, 1.54) is 7.11 Å². The largest absolute Gasteiger partial charge is 0.399 e. The molecule has 0 aliphatic heterocycles. The van der Waals surface area contributed by atoms with Gasteiger partial charge in [-0.1, -0.05) is 42.4 Å². The molecule has 0 fully saturated rings. The highest BCUT2D eigenvalue weighted by molar-refractivity contribution is 6.09. The average Bonchev–Trinajstić information content (AvgIpc) is 2.29. The molecule has 0 radical (unpaired) electrons. The first kappa shape index (κ1) is 11.4. The van der Waals surface area contributed by atoms with Crippen LogP contribution in [0.15, 0.2) is 35.5 Å². The van der Waals surface area contributed by atoms with E-state index >= 15 is 0 Å². The van der Waals surface area contributed by atoms with Crippen molar-refractivity contribution in [3.63, 3.8) is 0 Å². The van der Waals surface area contributed by atoms with Gasteiger partial charge in [-0.3, -0.25) is 4.79 Å². The van der Waals surface area contributed by atoms with Crippen molar-refractivity contribution in [3.8, 4) is 0 Å². The number of ketones is 1. The van der Waals surface area contributed by atoms with Crippen LogP contribution in [0.25, 0.3) is 0 Å². The van der Waals surface area contributed by atoms with Crippen LogP contribution in [0, 0.1) is 0 Å². The first-order valence-corrected chi connectivity index (χ1v) is 4.95. The SMILES string of the molecule is CC/C(CC(=O)c1ccccc1)=N\OC. The Morgan fingerprint density at radius 3 is 2.53 bits per heavy atom. The van der Waals surface area contributed by atoms with Gasteiger partial charge in [0, 0.05) is 5.56 Å². The Bertz CT molecular complexity index is 344. The maximum absolute atomic E-state index is 11.8. The Morgan fingerprint density at radius 1 is 1.33 bits per heavy atom. The summed E-state index contributed by atoms with van der Waals surface area (Å²) in [6, 6.07) is 9.21. The number of rotatable bonds is 5. The van der Waals surface area contributed by atoms with Crippen LogP contribution in [0.3, 0.4) is 0 Å². The van der Waals surface area contributed by atoms with Gasteiger partial charge in [0.15, 0.2) is 5.78 Å². The highest BCUT2D eigenvalue weighted by Crippen LogP contribution is 2.05. The molecule has 0 unspecified atom stereocenters. The molecule has 0 bridgehead atoms. The normalized spacial score (nSPS) is 11.2. The molecular formula is C12H15NO2. The van der Waals surface area contributed by atoms with Crippen LogP contribution in [-0.2, 0) is 4.84 Å². The van der Waals surface area contributed by atoms with E-state index in [0.29, 0.717) is 6.42 Å². The number of hydrogen-bond donors (Lipinski definition) is 0. The second-order valence-corrected chi connectivity index (χ2v) is 3.16. The molecule has 15 heavy (non-hydrogen) atoms.